The molecule has 2 aromatic rings. The highest BCUT2D eigenvalue weighted by molar-refractivity contribution is 5.88. The van der Waals surface area contributed by atoms with Gasteiger partial charge in [-0.05, 0) is 30.5 Å². The van der Waals surface area contributed by atoms with E-state index in [-0.39, 0.29) is 16.9 Å². The van der Waals surface area contributed by atoms with Crippen LogP contribution < -0.4 is 4.90 Å². The maximum atomic E-state index is 12.4. The number of anilines is 1. The summed E-state index contributed by atoms with van der Waals surface area (Å²) < 4.78 is 0. The number of amides is 1. The summed E-state index contributed by atoms with van der Waals surface area (Å²) in [7, 11) is 0. The number of hydrogen-bond donors (Lipinski definition) is 1. The smallest absolute Gasteiger partial charge is 0.335 e. The molecule has 2 fully saturated rings. The van der Waals surface area contributed by atoms with E-state index < -0.39 is 5.97 Å². The highest BCUT2D eigenvalue weighted by Crippen LogP contribution is 2.47. The van der Waals surface area contributed by atoms with E-state index in [1.165, 1.54) is 11.6 Å². The quantitative estimate of drug-likeness (QED) is 0.816. The van der Waals surface area contributed by atoms with Gasteiger partial charge in [0.2, 0.25) is 5.91 Å². The standard InChI is InChI=1S/C23H27N3O3/c1-2-21(27)26-14-19-13-25(20-12-18(22(28)29)9-11-24-20)15-23(19,16-26)10-8-17-6-4-3-5-7-17/h3-7,9,11-12,19H,2,8,10,13-16H2,1H3,(H,28,29). The summed E-state index contributed by atoms with van der Waals surface area (Å²) in [5.74, 6) is 0.367. The molecule has 2 saturated heterocycles. The summed E-state index contributed by atoms with van der Waals surface area (Å²) in [6.07, 6.45) is 4.08. The Morgan fingerprint density at radius 3 is 2.69 bits per heavy atom. The molecule has 1 amide bonds. The molecule has 0 aliphatic carbocycles. The molecule has 3 heterocycles. The maximum absolute atomic E-state index is 12.4. The van der Waals surface area contributed by atoms with Crippen molar-refractivity contribution in [1.29, 1.82) is 0 Å². The minimum atomic E-state index is -0.938. The van der Waals surface area contributed by atoms with E-state index in [4.69, 9.17) is 0 Å². The summed E-state index contributed by atoms with van der Waals surface area (Å²) in [5.41, 5.74) is 1.58. The first-order valence-electron chi connectivity index (χ1n) is 10.3. The lowest BCUT2D eigenvalue weighted by Crippen LogP contribution is -2.37. The van der Waals surface area contributed by atoms with Gasteiger partial charge in [-0.3, -0.25) is 4.79 Å². The highest BCUT2D eigenvalue weighted by Gasteiger charge is 2.53. The molecule has 1 aromatic heterocycles. The number of aromatic nitrogens is 1. The molecule has 0 spiro atoms. The SMILES string of the molecule is CCC(=O)N1CC2CN(c3cc(C(=O)O)ccn3)CC2(CCc2ccccc2)C1. The average Bonchev–Trinajstić information content (AvgIpc) is 3.27. The van der Waals surface area contributed by atoms with Gasteiger partial charge in [-0.1, -0.05) is 37.3 Å². The second-order valence-corrected chi connectivity index (χ2v) is 8.26. The Balaban J connectivity index is 1.57. The number of carbonyl (C=O) groups excluding carboxylic acids is 1. The Hall–Kier alpha value is -2.89. The third-order valence-electron chi connectivity index (χ3n) is 6.49. The molecule has 0 bridgehead atoms. The number of carbonyl (C=O) groups is 2. The second kappa shape index (κ2) is 7.85. The van der Waals surface area contributed by atoms with Crippen LogP contribution in [-0.4, -0.2) is 53.0 Å². The fraction of sp³-hybridized carbons (Fsp3) is 0.435. The van der Waals surface area contributed by atoms with Crippen LogP contribution in [0.3, 0.4) is 0 Å². The fourth-order valence-corrected chi connectivity index (χ4v) is 4.89. The molecule has 2 atom stereocenters. The number of carboxylic acid groups (broad SMARTS) is 1. The summed E-state index contributed by atoms with van der Waals surface area (Å²) in [6, 6.07) is 13.6. The number of nitrogens with zero attached hydrogens (tertiary/aromatic N) is 3. The number of pyridine rings is 1. The molecule has 4 rings (SSSR count). The van der Waals surface area contributed by atoms with Crippen molar-refractivity contribution < 1.29 is 14.7 Å². The van der Waals surface area contributed by atoms with Crippen molar-refractivity contribution >= 4 is 17.7 Å². The first kappa shape index (κ1) is 19.4. The van der Waals surface area contributed by atoms with Crippen LogP contribution in [0.5, 0.6) is 0 Å². The van der Waals surface area contributed by atoms with Crippen molar-refractivity contribution in [3.05, 3.63) is 59.8 Å². The minimum absolute atomic E-state index is 0.0155. The zero-order valence-electron chi connectivity index (χ0n) is 16.8. The number of fused-ring (bicyclic) bond motifs is 1. The molecule has 2 aliphatic rings. The van der Waals surface area contributed by atoms with Crippen LogP contribution >= 0.6 is 0 Å². The van der Waals surface area contributed by atoms with Crippen molar-refractivity contribution in [3.8, 4) is 0 Å². The molecule has 0 radical (unpaired) electrons. The van der Waals surface area contributed by atoms with Crippen LogP contribution in [0.25, 0.3) is 0 Å². The number of likely N-dealkylation sites (tertiary alicyclic amines) is 1. The van der Waals surface area contributed by atoms with E-state index >= 15 is 0 Å². The second-order valence-electron chi connectivity index (χ2n) is 8.26. The summed E-state index contributed by atoms with van der Waals surface area (Å²) in [5, 5.41) is 9.31. The lowest BCUT2D eigenvalue weighted by Gasteiger charge is -2.30. The van der Waals surface area contributed by atoms with Crippen molar-refractivity contribution in [2.45, 2.75) is 26.2 Å². The molecular formula is C23H27N3O3. The first-order valence-corrected chi connectivity index (χ1v) is 10.3. The minimum Gasteiger partial charge on any atom is -0.478 e. The van der Waals surface area contributed by atoms with Crippen LogP contribution in [0.2, 0.25) is 0 Å². The van der Waals surface area contributed by atoms with Gasteiger partial charge in [-0.15, -0.1) is 0 Å². The van der Waals surface area contributed by atoms with E-state index in [0.717, 1.165) is 39.0 Å². The van der Waals surface area contributed by atoms with Crippen LogP contribution in [-0.2, 0) is 11.2 Å². The molecular weight excluding hydrogens is 366 g/mol. The molecule has 0 saturated carbocycles. The third kappa shape index (κ3) is 3.84. The predicted octanol–water partition coefficient (Wildman–Crippen LogP) is 3.09. The summed E-state index contributed by atoms with van der Waals surface area (Å²) in [6.45, 7) is 5.07. The highest BCUT2D eigenvalue weighted by atomic mass is 16.4. The Kier molecular flexibility index (Phi) is 5.26. The number of aromatic carboxylic acids is 1. The van der Waals surface area contributed by atoms with Gasteiger partial charge in [0.15, 0.2) is 0 Å². The van der Waals surface area contributed by atoms with E-state index in [1.54, 1.807) is 12.3 Å². The van der Waals surface area contributed by atoms with E-state index in [9.17, 15) is 14.7 Å². The topological polar surface area (TPSA) is 73.7 Å². The van der Waals surface area contributed by atoms with Crippen LogP contribution in [0.15, 0.2) is 48.7 Å². The van der Waals surface area contributed by atoms with Crippen LogP contribution in [0.1, 0.15) is 35.7 Å². The molecule has 2 unspecified atom stereocenters. The lowest BCUT2D eigenvalue weighted by molar-refractivity contribution is -0.130. The fourth-order valence-electron chi connectivity index (χ4n) is 4.89. The monoisotopic (exact) mass is 393 g/mol. The van der Waals surface area contributed by atoms with Gasteiger partial charge >= 0.3 is 5.97 Å². The van der Waals surface area contributed by atoms with Crippen LogP contribution in [0.4, 0.5) is 5.82 Å². The van der Waals surface area contributed by atoms with Gasteiger partial charge in [0.05, 0.1) is 5.56 Å². The Morgan fingerprint density at radius 1 is 1.17 bits per heavy atom. The number of aryl methyl sites for hydroxylation is 1. The van der Waals surface area contributed by atoms with Gasteiger partial charge in [-0.25, -0.2) is 9.78 Å². The lowest BCUT2D eigenvalue weighted by atomic mass is 9.76. The number of rotatable bonds is 6. The van der Waals surface area contributed by atoms with Crippen molar-refractivity contribution in [1.82, 2.24) is 9.88 Å². The average molecular weight is 393 g/mol. The predicted molar refractivity (Wildman–Crippen MR) is 111 cm³/mol. The van der Waals surface area contributed by atoms with Crippen LogP contribution in [0, 0.1) is 11.3 Å². The molecule has 152 valence electrons. The molecule has 1 N–H and O–H groups in total. The molecule has 2 aliphatic heterocycles. The Bertz CT molecular complexity index is 901. The molecule has 6 heteroatoms. The first-order chi connectivity index (χ1) is 14.0. The van der Waals surface area contributed by atoms with E-state index in [1.807, 2.05) is 17.9 Å². The maximum Gasteiger partial charge on any atom is 0.335 e. The van der Waals surface area contributed by atoms with Crippen molar-refractivity contribution in [3.63, 3.8) is 0 Å². The van der Waals surface area contributed by atoms with E-state index in [0.29, 0.717) is 18.2 Å². The third-order valence-corrected chi connectivity index (χ3v) is 6.49. The Morgan fingerprint density at radius 2 is 1.97 bits per heavy atom. The summed E-state index contributed by atoms with van der Waals surface area (Å²) in [4.78, 5) is 32.4. The molecule has 29 heavy (non-hydrogen) atoms. The largest absolute Gasteiger partial charge is 0.478 e. The van der Waals surface area contributed by atoms with Gasteiger partial charge in [-0.2, -0.15) is 0 Å². The summed E-state index contributed by atoms with van der Waals surface area (Å²) >= 11 is 0. The number of carboxylic acids is 1. The normalized spacial score (nSPS) is 23.3. The number of benzene rings is 1. The molecule has 1 aromatic carbocycles. The van der Waals surface area contributed by atoms with E-state index in [2.05, 4.69) is 34.1 Å². The number of hydrogen-bond acceptors (Lipinski definition) is 4. The zero-order valence-corrected chi connectivity index (χ0v) is 16.8. The zero-order chi connectivity index (χ0) is 20.4. The van der Waals surface area contributed by atoms with Gasteiger partial charge in [0.25, 0.3) is 0 Å². The van der Waals surface area contributed by atoms with Gasteiger partial charge in [0.1, 0.15) is 5.82 Å². The van der Waals surface area contributed by atoms with Gasteiger partial charge < -0.3 is 14.9 Å². The van der Waals surface area contributed by atoms with Gasteiger partial charge in [0, 0.05) is 50.1 Å². The van der Waals surface area contributed by atoms with Crippen molar-refractivity contribution in [2.24, 2.45) is 11.3 Å². The van der Waals surface area contributed by atoms with Crippen molar-refractivity contribution in [2.75, 3.05) is 31.1 Å². The molecule has 6 nitrogen and oxygen atoms in total. The Labute approximate surface area is 171 Å².